The standard InChI is InChI=1S/C20H21ClN6OS/c1-3-17(25-18-24-10-16(21)29-18)27-12-20(6-7-26(11-20)19(28)23-2)14-8-13(9-22)4-5-15(14)27/h3-5,8,10H,6-7,11-12H2,1-2H3,(H,23,28)(H,24,25)/t20-/m1/s1. The number of aromatic nitrogens is 1. The number of rotatable bonds is 3. The van der Waals surface area contributed by atoms with Crippen LogP contribution in [-0.4, -0.2) is 42.6 Å². The first-order chi connectivity index (χ1) is 14.0. The molecule has 2 aliphatic rings. The van der Waals surface area contributed by atoms with Gasteiger partial charge in [-0.1, -0.05) is 22.9 Å². The minimum atomic E-state index is -0.217. The Hall–Kier alpha value is -2.76. The summed E-state index contributed by atoms with van der Waals surface area (Å²) in [4.78, 5) is 20.6. The molecule has 2 aliphatic heterocycles. The van der Waals surface area contributed by atoms with E-state index in [9.17, 15) is 10.1 Å². The lowest BCUT2D eigenvalue weighted by Crippen LogP contribution is -2.41. The fourth-order valence-electron chi connectivity index (χ4n) is 4.22. The smallest absolute Gasteiger partial charge is 0.317 e. The van der Waals surface area contributed by atoms with Gasteiger partial charge in [0.1, 0.15) is 10.2 Å². The molecule has 1 atom stereocenters. The lowest BCUT2D eigenvalue weighted by atomic mass is 9.81. The van der Waals surface area contributed by atoms with Crippen LogP contribution in [0, 0.1) is 11.3 Å². The highest BCUT2D eigenvalue weighted by Crippen LogP contribution is 2.48. The summed E-state index contributed by atoms with van der Waals surface area (Å²) in [6.45, 7) is 3.99. The van der Waals surface area contributed by atoms with Gasteiger partial charge in [0.25, 0.3) is 0 Å². The average Bonchev–Trinajstić information content (AvgIpc) is 3.44. The highest BCUT2D eigenvalue weighted by Gasteiger charge is 2.49. The van der Waals surface area contributed by atoms with Crippen molar-refractivity contribution in [3.8, 4) is 6.07 Å². The number of hydrogen-bond acceptors (Lipinski definition) is 6. The summed E-state index contributed by atoms with van der Waals surface area (Å²) in [5, 5.41) is 16.2. The molecule has 0 saturated carbocycles. The third-order valence-corrected chi connectivity index (χ3v) is 6.61. The van der Waals surface area contributed by atoms with Crippen molar-refractivity contribution in [1.82, 2.24) is 15.2 Å². The van der Waals surface area contributed by atoms with Crippen LogP contribution in [0.25, 0.3) is 0 Å². The van der Waals surface area contributed by atoms with Crippen LogP contribution < -0.4 is 15.5 Å². The van der Waals surface area contributed by atoms with E-state index < -0.39 is 0 Å². The Morgan fingerprint density at radius 1 is 1.45 bits per heavy atom. The number of carbonyl (C=O) groups is 1. The van der Waals surface area contributed by atoms with Gasteiger partial charge in [0.05, 0.1) is 17.8 Å². The number of nitrogens with one attached hydrogen (secondary N) is 2. The number of hydrogen-bond donors (Lipinski definition) is 2. The molecule has 3 heterocycles. The van der Waals surface area contributed by atoms with Crippen LogP contribution in [0.4, 0.5) is 15.6 Å². The number of nitriles is 1. The van der Waals surface area contributed by atoms with Gasteiger partial charge in [0, 0.05) is 37.8 Å². The number of amides is 2. The van der Waals surface area contributed by atoms with Crippen molar-refractivity contribution in [1.29, 1.82) is 5.26 Å². The first kappa shape index (κ1) is 19.6. The number of urea groups is 1. The molecular weight excluding hydrogens is 408 g/mol. The van der Waals surface area contributed by atoms with Crippen LogP contribution in [-0.2, 0) is 5.41 Å². The van der Waals surface area contributed by atoms with Crippen molar-refractivity contribution in [2.45, 2.75) is 18.8 Å². The molecule has 2 N–H and O–H groups in total. The molecule has 1 aromatic carbocycles. The summed E-state index contributed by atoms with van der Waals surface area (Å²) in [5.41, 5.74) is 2.57. The number of anilines is 2. The van der Waals surface area contributed by atoms with Gasteiger partial charge < -0.3 is 20.4 Å². The fourth-order valence-corrected chi connectivity index (χ4v) is 5.04. The van der Waals surface area contributed by atoms with Gasteiger partial charge in [-0.2, -0.15) is 5.26 Å². The van der Waals surface area contributed by atoms with E-state index in [1.54, 1.807) is 13.2 Å². The fraction of sp³-hybridized carbons (Fsp3) is 0.350. The van der Waals surface area contributed by atoms with Gasteiger partial charge >= 0.3 is 6.03 Å². The van der Waals surface area contributed by atoms with Crippen LogP contribution in [0.3, 0.4) is 0 Å². The molecule has 4 rings (SSSR count). The normalized spacial score (nSPS) is 20.7. The van der Waals surface area contributed by atoms with Crippen LogP contribution in [0.15, 0.2) is 36.3 Å². The lowest BCUT2D eigenvalue weighted by Gasteiger charge is -2.27. The first-order valence-corrected chi connectivity index (χ1v) is 10.5. The molecule has 29 heavy (non-hydrogen) atoms. The van der Waals surface area contributed by atoms with E-state index in [4.69, 9.17) is 11.6 Å². The summed E-state index contributed by atoms with van der Waals surface area (Å²) in [6, 6.07) is 7.97. The Kier molecular flexibility index (Phi) is 5.11. The second kappa shape index (κ2) is 7.58. The van der Waals surface area contributed by atoms with Gasteiger partial charge in [-0.25, -0.2) is 9.78 Å². The Balaban J connectivity index is 1.71. The molecule has 0 radical (unpaired) electrons. The number of halogens is 1. The number of carbonyl (C=O) groups excluding carboxylic acids is 1. The maximum absolute atomic E-state index is 12.2. The van der Waals surface area contributed by atoms with Crippen LogP contribution >= 0.6 is 22.9 Å². The van der Waals surface area contributed by atoms with Gasteiger partial charge in [0.15, 0.2) is 5.13 Å². The van der Waals surface area contributed by atoms with Crippen molar-refractivity contribution < 1.29 is 4.79 Å². The predicted octanol–water partition coefficient (Wildman–Crippen LogP) is 3.74. The molecule has 0 unspecified atom stereocenters. The second-order valence-corrected chi connectivity index (χ2v) is 8.87. The maximum atomic E-state index is 12.2. The number of nitrogens with zero attached hydrogens (tertiary/aromatic N) is 4. The van der Waals surface area contributed by atoms with Crippen molar-refractivity contribution in [3.63, 3.8) is 0 Å². The van der Waals surface area contributed by atoms with E-state index in [1.165, 1.54) is 11.3 Å². The Labute approximate surface area is 178 Å². The third kappa shape index (κ3) is 3.41. The SMILES string of the molecule is CC=C(Nc1ncc(Cl)s1)N1C[C@]2(CCN(C(=O)NC)C2)c2cc(C#N)ccc21. The third-order valence-electron chi connectivity index (χ3n) is 5.58. The number of thiazole rings is 1. The lowest BCUT2D eigenvalue weighted by molar-refractivity contribution is 0.208. The van der Waals surface area contributed by atoms with Gasteiger partial charge in [0.2, 0.25) is 0 Å². The highest BCUT2D eigenvalue weighted by molar-refractivity contribution is 7.19. The monoisotopic (exact) mass is 428 g/mol. The Morgan fingerprint density at radius 2 is 2.28 bits per heavy atom. The quantitative estimate of drug-likeness (QED) is 0.777. The van der Waals surface area contributed by atoms with Crippen molar-refractivity contribution in [3.05, 3.63) is 51.8 Å². The predicted molar refractivity (Wildman–Crippen MR) is 115 cm³/mol. The summed E-state index contributed by atoms with van der Waals surface area (Å²) in [5.74, 6) is 0.900. The number of fused-ring (bicyclic) bond motifs is 2. The summed E-state index contributed by atoms with van der Waals surface area (Å²) < 4.78 is 0.622. The first-order valence-electron chi connectivity index (χ1n) is 9.33. The average molecular weight is 429 g/mol. The largest absolute Gasteiger partial charge is 0.341 e. The molecule has 7 nitrogen and oxygen atoms in total. The molecule has 9 heteroatoms. The Bertz CT molecular complexity index is 1030. The molecular formula is C20H21ClN6OS. The van der Waals surface area contributed by atoms with E-state index in [0.29, 0.717) is 23.0 Å². The van der Waals surface area contributed by atoms with Gasteiger partial charge in [-0.05, 0) is 43.2 Å². The zero-order chi connectivity index (χ0) is 20.6. The molecule has 1 spiro atoms. The summed E-state index contributed by atoms with van der Waals surface area (Å²) in [7, 11) is 1.65. The zero-order valence-corrected chi connectivity index (χ0v) is 17.8. The molecule has 1 saturated heterocycles. The summed E-state index contributed by atoms with van der Waals surface area (Å²) >= 11 is 7.41. The zero-order valence-electron chi connectivity index (χ0n) is 16.2. The van der Waals surface area contributed by atoms with E-state index >= 15 is 0 Å². The number of likely N-dealkylation sites (tertiary alicyclic amines) is 1. The second-order valence-electron chi connectivity index (χ2n) is 7.21. The minimum Gasteiger partial charge on any atom is -0.341 e. The van der Waals surface area contributed by atoms with E-state index in [2.05, 4.69) is 26.6 Å². The van der Waals surface area contributed by atoms with Crippen LogP contribution in [0.1, 0.15) is 24.5 Å². The van der Waals surface area contributed by atoms with E-state index in [1.807, 2.05) is 36.1 Å². The molecule has 150 valence electrons. The molecule has 1 fully saturated rings. The molecule has 2 amide bonds. The van der Waals surface area contributed by atoms with Crippen LogP contribution in [0.5, 0.6) is 0 Å². The molecule has 0 aliphatic carbocycles. The van der Waals surface area contributed by atoms with Crippen molar-refractivity contribution >= 4 is 39.8 Å². The van der Waals surface area contributed by atoms with E-state index in [0.717, 1.165) is 35.2 Å². The number of allylic oxidation sites excluding steroid dienone is 1. The minimum absolute atomic E-state index is 0.0693. The summed E-state index contributed by atoms with van der Waals surface area (Å²) in [6.07, 6.45) is 4.47. The topological polar surface area (TPSA) is 84.3 Å². The van der Waals surface area contributed by atoms with Crippen molar-refractivity contribution in [2.75, 3.05) is 36.9 Å². The van der Waals surface area contributed by atoms with Crippen molar-refractivity contribution in [2.24, 2.45) is 0 Å². The molecule has 2 aromatic rings. The highest BCUT2D eigenvalue weighted by atomic mass is 35.5. The van der Waals surface area contributed by atoms with Crippen LogP contribution in [0.2, 0.25) is 4.34 Å². The maximum Gasteiger partial charge on any atom is 0.317 e. The van der Waals surface area contributed by atoms with E-state index in [-0.39, 0.29) is 11.4 Å². The number of benzene rings is 1. The molecule has 0 bridgehead atoms. The molecule has 1 aromatic heterocycles. The van der Waals surface area contributed by atoms with Gasteiger partial charge in [-0.3, -0.25) is 0 Å². The van der Waals surface area contributed by atoms with Gasteiger partial charge in [-0.15, -0.1) is 0 Å². The Morgan fingerprint density at radius 3 is 2.93 bits per heavy atom.